The molecule has 3 rings (SSSR count). The molecular formula is C18H17N5O. The van der Waals surface area contributed by atoms with E-state index in [1.54, 1.807) is 30.9 Å². The van der Waals surface area contributed by atoms with Gasteiger partial charge in [-0.3, -0.25) is 19.7 Å². The Morgan fingerprint density at radius 3 is 2.71 bits per heavy atom. The van der Waals surface area contributed by atoms with E-state index in [1.807, 2.05) is 36.4 Å². The van der Waals surface area contributed by atoms with Crippen molar-refractivity contribution in [3.8, 4) is 0 Å². The van der Waals surface area contributed by atoms with Crippen LogP contribution >= 0.6 is 0 Å². The van der Waals surface area contributed by atoms with Gasteiger partial charge in [-0.1, -0.05) is 12.1 Å². The topological polar surface area (TPSA) is 79.8 Å². The first-order valence-corrected chi connectivity index (χ1v) is 7.58. The molecule has 120 valence electrons. The molecule has 3 heterocycles. The van der Waals surface area contributed by atoms with Crippen LogP contribution in [0.15, 0.2) is 67.3 Å². The number of hydrogen-bond acceptors (Lipinski definition) is 5. The fourth-order valence-electron chi connectivity index (χ4n) is 2.14. The van der Waals surface area contributed by atoms with Crippen molar-refractivity contribution in [3.63, 3.8) is 0 Å². The number of amides is 1. The molecule has 0 spiro atoms. The Morgan fingerprint density at radius 2 is 1.92 bits per heavy atom. The fraction of sp³-hybridized carbons (Fsp3) is 0.111. The highest BCUT2D eigenvalue weighted by Gasteiger charge is 2.08. The number of aromatic nitrogens is 3. The van der Waals surface area contributed by atoms with E-state index in [-0.39, 0.29) is 5.91 Å². The first-order valence-electron chi connectivity index (χ1n) is 7.58. The second-order valence-corrected chi connectivity index (χ2v) is 5.15. The smallest absolute Gasteiger partial charge is 0.270 e. The minimum Gasteiger partial charge on any atom is -0.379 e. The summed E-state index contributed by atoms with van der Waals surface area (Å²) in [6.07, 6.45) is 6.78. The third-order valence-electron chi connectivity index (χ3n) is 3.37. The molecule has 6 heteroatoms. The summed E-state index contributed by atoms with van der Waals surface area (Å²) < 4.78 is 0. The van der Waals surface area contributed by atoms with Crippen LogP contribution < -0.4 is 10.6 Å². The minimum atomic E-state index is -0.222. The molecule has 0 atom stereocenters. The molecule has 0 aliphatic rings. The summed E-state index contributed by atoms with van der Waals surface area (Å²) in [6, 6.07) is 13.0. The molecule has 0 radical (unpaired) electrons. The Hall–Kier alpha value is -3.28. The molecule has 0 aromatic carbocycles. The van der Waals surface area contributed by atoms with E-state index in [9.17, 15) is 4.79 Å². The fourth-order valence-corrected chi connectivity index (χ4v) is 2.14. The summed E-state index contributed by atoms with van der Waals surface area (Å²) in [5.74, 6) is -0.222. The molecule has 24 heavy (non-hydrogen) atoms. The van der Waals surface area contributed by atoms with Gasteiger partial charge in [0.1, 0.15) is 5.69 Å². The van der Waals surface area contributed by atoms with Gasteiger partial charge in [-0.15, -0.1) is 0 Å². The number of hydrogen-bond donors (Lipinski definition) is 2. The number of nitrogens with zero attached hydrogens (tertiary/aromatic N) is 3. The molecule has 0 bridgehead atoms. The largest absolute Gasteiger partial charge is 0.379 e. The Bertz CT molecular complexity index is 793. The monoisotopic (exact) mass is 319 g/mol. The van der Waals surface area contributed by atoms with Gasteiger partial charge in [0.25, 0.3) is 5.91 Å². The van der Waals surface area contributed by atoms with Crippen LogP contribution in [0.2, 0.25) is 0 Å². The van der Waals surface area contributed by atoms with Gasteiger partial charge in [0, 0.05) is 37.0 Å². The second kappa shape index (κ2) is 7.82. The Labute approximate surface area is 140 Å². The van der Waals surface area contributed by atoms with Crippen LogP contribution in [0.1, 0.15) is 21.7 Å². The quantitative estimate of drug-likeness (QED) is 0.729. The van der Waals surface area contributed by atoms with E-state index >= 15 is 0 Å². The summed E-state index contributed by atoms with van der Waals surface area (Å²) >= 11 is 0. The summed E-state index contributed by atoms with van der Waals surface area (Å²) in [4.78, 5) is 24.6. The number of nitrogens with one attached hydrogen (secondary N) is 2. The molecule has 3 aromatic rings. The average molecular weight is 319 g/mol. The lowest BCUT2D eigenvalue weighted by atomic mass is 10.2. The van der Waals surface area contributed by atoms with E-state index in [0.717, 1.165) is 16.9 Å². The van der Waals surface area contributed by atoms with Crippen LogP contribution in [-0.4, -0.2) is 20.9 Å². The molecule has 0 fully saturated rings. The number of pyridine rings is 3. The summed E-state index contributed by atoms with van der Waals surface area (Å²) in [6.45, 7) is 1.00. The zero-order chi connectivity index (χ0) is 16.6. The molecule has 6 nitrogen and oxygen atoms in total. The SMILES string of the molecule is O=C(NCc1cccnc1)c1cc(NCc2ccccn2)ccn1. The van der Waals surface area contributed by atoms with Crippen molar-refractivity contribution in [2.45, 2.75) is 13.1 Å². The van der Waals surface area contributed by atoms with E-state index in [1.165, 1.54) is 0 Å². The number of carbonyl (C=O) groups excluding carboxylic acids is 1. The molecule has 0 saturated heterocycles. The van der Waals surface area contributed by atoms with Crippen molar-refractivity contribution < 1.29 is 4.79 Å². The number of carbonyl (C=O) groups is 1. The van der Waals surface area contributed by atoms with Gasteiger partial charge in [-0.25, -0.2) is 0 Å². The van der Waals surface area contributed by atoms with Crippen molar-refractivity contribution in [1.82, 2.24) is 20.3 Å². The molecule has 2 N–H and O–H groups in total. The Morgan fingerprint density at radius 1 is 0.958 bits per heavy atom. The maximum Gasteiger partial charge on any atom is 0.270 e. The van der Waals surface area contributed by atoms with Gasteiger partial charge in [-0.2, -0.15) is 0 Å². The Kier molecular flexibility index (Phi) is 5.09. The van der Waals surface area contributed by atoms with Crippen molar-refractivity contribution in [3.05, 3.63) is 84.2 Å². The van der Waals surface area contributed by atoms with E-state index in [2.05, 4.69) is 25.6 Å². The summed E-state index contributed by atoms with van der Waals surface area (Å²) in [7, 11) is 0. The van der Waals surface area contributed by atoms with Crippen LogP contribution in [0.5, 0.6) is 0 Å². The average Bonchev–Trinajstić information content (AvgIpc) is 2.66. The van der Waals surface area contributed by atoms with Gasteiger partial charge in [-0.05, 0) is 35.9 Å². The first kappa shape index (κ1) is 15.6. The molecule has 3 aromatic heterocycles. The van der Waals surface area contributed by atoms with E-state index in [0.29, 0.717) is 18.8 Å². The van der Waals surface area contributed by atoms with Crippen LogP contribution in [0, 0.1) is 0 Å². The molecule has 1 amide bonds. The summed E-state index contributed by atoms with van der Waals surface area (Å²) in [5.41, 5.74) is 3.05. The zero-order valence-electron chi connectivity index (χ0n) is 13.0. The van der Waals surface area contributed by atoms with Crippen molar-refractivity contribution in [2.24, 2.45) is 0 Å². The van der Waals surface area contributed by atoms with Crippen LogP contribution in [0.4, 0.5) is 5.69 Å². The normalized spacial score (nSPS) is 10.2. The van der Waals surface area contributed by atoms with Gasteiger partial charge in [0.15, 0.2) is 0 Å². The highest BCUT2D eigenvalue weighted by molar-refractivity contribution is 5.93. The number of anilines is 1. The highest BCUT2D eigenvalue weighted by Crippen LogP contribution is 2.09. The standard InChI is InChI=1S/C18H17N5O/c24-18(23-12-14-4-3-7-19-11-14)17-10-15(6-9-21-17)22-13-16-5-1-2-8-20-16/h1-11H,12-13H2,(H,21,22)(H,23,24). The minimum absolute atomic E-state index is 0.222. The molecule has 0 saturated carbocycles. The van der Waals surface area contributed by atoms with Gasteiger partial charge < -0.3 is 10.6 Å². The lowest BCUT2D eigenvalue weighted by Gasteiger charge is -2.08. The van der Waals surface area contributed by atoms with Crippen molar-refractivity contribution in [2.75, 3.05) is 5.32 Å². The van der Waals surface area contributed by atoms with Gasteiger partial charge in [0.2, 0.25) is 0 Å². The van der Waals surface area contributed by atoms with E-state index < -0.39 is 0 Å². The third kappa shape index (κ3) is 4.36. The molecule has 0 aliphatic carbocycles. The predicted molar refractivity (Wildman–Crippen MR) is 91.2 cm³/mol. The van der Waals surface area contributed by atoms with Crippen LogP contribution in [0.3, 0.4) is 0 Å². The summed E-state index contributed by atoms with van der Waals surface area (Å²) in [5, 5.41) is 6.07. The molecular weight excluding hydrogens is 302 g/mol. The first-order chi connectivity index (χ1) is 11.8. The van der Waals surface area contributed by atoms with Gasteiger partial charge >= 0.3 is 0 Å². The highest BCUT2D eigenvalue weighted by atomic mass is 16.1. The Balaban J connectivity index is 1.59. The maximum atomic E-state index is 12.2. The van der Waals surface area contributed by atoms with Crippen molar-refractivity contribution in [1.29, 1.82) is 0 Å². The van der Waals surface area contributed by atoms with E-state index in [4.69, 9.17) is 0 Å². The zero-order valence-corrected chi connectivity index (χ0v) is 13.0. The molecule has 0 aliphatic heterocycles. The predicted octanol–water partition coefficient (Wildman–Crippen LogP) is 2.41. The maximum absolute atomic E-state index is 12.2. The molecule has 0 unspecified atom stereocenters. The van der Waals surface area contributed by atoms with Crippen LogP contribution in [-0.2, 0) is 13.1 Å². The second-order valence-electron chi connectivity index (χ2n) is 5.15. The lowest BCUT2D eigenvalue weighted by molar-refractivity contribution is 0.0946. The number of rotatable bonds is 6. The van der Waals surface area contributed by atoms with Gasteiger partial charge in [0.05, 0.1) is 12.2 Å². The lowest BCUT2D eigenvalue weighted by Crippen LogP contribution is -2.23. The van der Waals surface area contributed by atoms with Crippen LogP contribution in [0.25, 0.3) is 0 Å². The third-order valence-corrected chi connectivity index (χ3v) is 3.37. The van der Waals surface area contributed by atoms with Crippen molar-refractivity contribution >= 4 is 11.6 Å².